The van der Waals surface area contributed by atoms with Gasteiger partial charge in [-0.2, -0.15) is 0 Å². The van der Waals surface area contributed by atoms with Crippen LogP contribution in [0.4, 0.5) is 5.00 Å². The van der Waals surface area contributed by atoms with Gasteiger partial charge in [0.05, 0.1) is 15.6 Å². The van der Waals surface area contributed by atoms with Crippen LogP contribution in [0.1, 0.15) is 63.1 Å². The molecule has 1 aromatic carbocycles. The molecule has 0 fully saturated rings. The molecule has 0 spiro atoms. The van der Waals surface area contributed by atoms with Crippen LogP contribution in [0, 0.1) is 12.8 Å². The molecular weight excluding hydrogens is 469 g/mol. The van der Waals surface area contributed by atoms with Crippen molar-refractivity contribution < 1.29 is 14.1 Å². The van der Waals surface area contributed by atoms with Gasteiger partial charge in [0.25, 0.3) is 11.8 Å². The van der Waals surface area contributed by atoms with Gasteiger partial charge in [-0.3, -0.25) is 9.59 Å². The number of nitrogens with one attached hydrogen (secondary N) is 1. The Bertz CT molecular complexity index is 1180. The third kappa shape index (κ3) is 4.17. The van der Waals surface area contributed by atoms with Gasteiger partial charge in [-0.15, -0.1) is 11.3 Å². The average molecular weight is 492 g/mol. The van der Waals surface area contributed by atoms with Gasteiger partial charge in [0.15, 0.2) is 0 Å². The second kappa shape index (κ2) is 9.25. The number of nitrogens with zero attached hydrogens (tertiary/aromatic N) is 1. The van der Waals surface area contributed by atoms with E-state index in [0.29, 0.717) is 37.9 Å². The molecule has 0 unspecified atom stereocenters. The van der Waals surface area contributed by atoms with Crippen molar-refractivity contribution in [1.82, 2.24) is 5.16 Å². The van der Waals surface area contributed by atoms with E-state index in [1.807, 2.05) is 0 Å². The highest BCUT2D eigenvalue weighted by molar-refractivity contribution is 7.17. The Morgan fingerprint density at radius 3 is 2.66 bits per heavy atom. The fourth-order valence-corrected chi connectivity index (χ4v) is 6.30. The largest absolute Gasteiger partial charge is 0.365 e. The van der Waals surface area contributed by atoms with E-state index in [2.05, 4.69) is 17.4 Å². The number of amides is 2. The number of carbonyl (C=O) groups excluding carboxylic acids is 2. The van der Waals surface area contributed by atoms with Crippen molar-refractivity contribution in [2.75, 3.05) is 5.32 Å². The number of aryl methyl sites for hydroxylation is 1. The number of aromatic nitrogens is 1. The van der Waals surface area contributed by atoms with Gasteiger partial charge in [0.1, 0.15) is 22.0 Å². The fraction of sp³-hybridized carbons (Fsp3) is 0.348. The molecule has 2 aromatic heterocycles. The van der Waals surface area contributed by atoms with Crippen LogP contribution < -0.4 is 11.1 Å². The molecule has 3 N–H and O–H groups in total. The van der Waals surface area contributed by atoms with Crippen LogP contribution in [0.5, 0.6) is 0 Å². The normalized spacial score (nSPS) is 15.4. The van der Waals surface area contributed by atoms with Gasteiger partial charge >= 0.3 is 0 Å². The minimum Gasteiger partial charge on any atom is -0.365 e. The number of thiophene rings is 1. The Kier molecular flexibility index (Phi) is 6.60. The van der Waals surface area contributed by atoms with E-state index in [0.717, 1.165) is 42.5 Å². The number of hydrogen-bond acceptors (Lipinski definition) is 5. The fourth-order valence-electron chi connectivity index (χ4n) is 4.36. The first-order chi connectivity index (χ1) is 15.3. The lowest BCUT2D eigenvalue weighted by Crippen LogP contribution is -2.20. The summed E-state index contributed by atoms with van der Waals surface area (Å²) in [7, 11) is 0. The zero-order chi connectivity index (χ0) is 23.0. The van der Waals surface area contributed by atoms with Crippen LogP contribution in [0.3, 0.4) is 0 Å². The van der Waals surface area contributed by atoms with Crippen molar-refractivity contribution in [3.63, 3.8) is 0 Å². The van der Waals surface area contributed by atoms with E-state index in [1.54, 1.807) is 25.1 Å². The summed E-state index contributed by atoms with van der Waals surface area (Å²) < 4.78 is 5.30. The van der Waals surface area contributed by atoms with Crippen LogP contribution in [0.2, 0.25) is 10.0 Å². The van der Waals surface area contributed by atoms with Gasteiger partial charge in [0, 0.05) is 10.4 Å². The molecular formula is C23H23Cl2N3O3S. The predicted molar refractivity (Wildman–Crippen MR) is 128 cm³/mol. The second-order valence-electron chi connectivity index (χ2n) is 7.98. The summed E-state index contributed by atoms with van der Waals surface area (Å²) in [5, 5.41) is 8.08. The van der Waals surface area contributed by atoms with Crippen molar-refractivity contribution in [2.24, 2.45) is 11.7 Å². The van der Waals surface area contributed by atoms with Crippen molar-refractivity contribution >= 4 is 51.4 Å². The molecule has 4 rings (SSSR count). The number of rotatable bonds is 6. The predicted octanol–water partition coefficient (Wildman–Crippen LogP) is 6.27. The monoisotopic (exact) mass is 491 g/mol. The molecule has 0 radical (unpaired) electrons. The maximum Gasteiger partial charge on any atom is 0.262 e. The van der Waals surface area contributed by atoms with E-state index in [9.17, 15) is 9.59 Å². The molecule has 0 aliphatic heterocycles. The Balaban J connectivity index is 1.71. The number of fused-ring (bicyclic) bond motifs is 1. The highest BCUT2D eigenvalue weighted by atomic mass is 35.5. The number of halogens is 2. The summed E-state index contributed by atoms with van der Waals surface area (Å²) in [5.41, 5.74) is 7.96. The first-order valence-corrected chi connectivity index (χ1v) is 12.0. The minimum atomic E-state index is -0.539. The lowest BCUT2D eigenvalue weighted by Gasteiger charge is -2.21. The summed E-state index contributed by atoms with van der Waals surface area (Å²) >= 11 is 14.1. The van der Waals surface area contributed by atoms with Gasteiger partial charge in [-0.1, -0.05) is 54.2 Å². The lowest BCUT2D eigenvalue weighted by atomic mass is 9.84. The molecule has 2 heterocycles. The van der Waals surface area contributed by atoms with Gasteiger partial charge in [0.2, 0.25) is 0 Å². The molecule has 0 saturated carbocycles. The Labute approximate surface area is 200 Å². The van der Waals surface area contributed by atoms with Crippen LogP contribution in [-0.2, 0) is 12.8 Å². The molecule has 3 aromatic rings. The van der Waals surface area contributed by atoms with Crippen molar-refractivity contribution in [3.05, 3.63) is 55.6 Å². The maximum atomic E-state index is 13.3. The molecule has 6 nitrogen and oxygen atoms in total. The minimum absolute atomic E-state index is 0.214. The van der Waals surface area contributed by atoms with E-state index in [4.69, 9.17) is 33.5 Å². The standard InChI is InChI=1S/C23H23Cl2N3O3S/c1-3-5-12-8-9-13-16(10-12)32-23(18(13)21(26)29)27-22(30)17-11(2)31-28-20(17)19-14(24)6-4-7-15(19)25/h4,6-7,12H,3,5,8-10H2,1-2H3,(H2,26,29)(H,27,30)/t12-/m1/s1. The van der Waals surface area contributed by atoms with Gasteiger partial charge < -0.3 is 15.6 Å². The zero-order valence-electron chi connectivity index (χ0n) is 17.8. The number of primary amides is 1. The molecule has 2 amide bonds. The number of carbonyl (C=O) groups is 2. The summed E-state index contributed by atoms with van der Waals surface area (Å²) in [6.07, 6.45) is 4.98. The number of anilines is 1. The smallest absolute Gasteiger partial charge is 0.262 e. The highest BCUT2D eigenvalue weighted by Crippen LogP contribution is 2.42. The first-order valence-electron chi connectivity index (χ1n) is 10.5. The van der Waals surface area contributed by atoms with Crippen LogP contribution in [0.25, 0.3) is 11.3 Å². The quantitative estimate of drug-likeness (QED) is 0.424. The Morgan fingerprint density at radius 2 is 2.00 bits per heavy atom. The van der Waals surface area contributed by atoms with E-state index >= 15 is 0 Å². The molecule has 32 heavy (non-hydrogen) atoms. The van der Waals surface area contributed by atoms with Crippen molar-refractivity contribution in [1.29, 1.82) is 0 Å². The Morgan fingerprint density at radius 1 is 1.28 bits per heavy atom. The molecule has 9 heteroatoms. The molecule has 0 bridgehead atoms. The van der Waals surface area contributed by atoms with Gasteiger partial charge in [-0.05, 0) is 49.8 Å². The van der Waals surface area contributed by atoms with Crippen molar-refractivity contribution in [3.8, 4) is 11.3 Å². The zero-order valence-corrected chi connectivity index (χ0v) is 20.1. The molecule has 168 valence electrons. The first kappa shape index (κ1) is 22.8. The highest BCUT2D eigenvalue weighted by Gasteiger charge is 2.30. The van der Waals surface area contributed by atoms with Gasteiger partial charge in [-0.25, -0.2) is 0 Å². The lowest BCUT2D eigenvalue weighted by molar-refractivity contribution is 0.1000. The molecule has 1 aliphatic carbocycles. The average Bonchev–Trinajstić information content (AvgIpc) is 3.28. The second-order valence-corrected chi connectivity index (χ2v) is 9.90. The summed E-state index contributed by atoms with van der Waals surface area (Å²) in [4.78, 5) is 26.7. The Hall–Kier alpha value is -2.35. The van der Waals surface area contributed by atoms with Crippen LogP contribution in [0.15, 0.2) is 22.7 Å². The number of benzene rings is 1. The van der Waals surface area contributed by atoms with Crippen LogP contribution in [-0.4, -0.2) is 17.0 Å². The summed E-state index contributed by atoms with van der Waals surface area (Å²) in [6, 6.07) is 5.04. The summed E-state index contributed by atoms with van der Waals surface area (Å²) in [5.74, 6) is -0.0905. The third-order valence-electron chi connectivity index (χ3n) is 5.83. The molecule has 1 atom stereocenters. The van der Waals surface area contributed by atoms with E-state index in [-0.39, 0.29) is 11.3 Å². The van der Waals surface area contributed by atoms with E-state index in [1.165, 1.54) is 11.3 Å². The van der Waals surface area contributed by atoms with E-state index < -0.39 is 11.8 Å². The number of nitrogens with two attached hydrogens (primary N) is 1. The maximum absolute atomic E-state index is 13.3. The summed E-state index contributed by atoms with van der Waals surface area (Å²) in [6.45, 7) is 3.81. The SMILES string of the molecule is CCC[C@@H]1CCc2c(sc(NC(=O)c3c(-c4c(Cl)cccc4Cl)noc3C)c2C(N)=O)C1. The molecule has 0 saturated heterocycles. The van der Waals surface area contributed by atoms with Crippen molar-refractivity contribution in [2.45, 2.75) is 46.0 Å². The molecule has 1 aliphatic rings. The third-order valence-corrected chi connectivity index (χ3v) is 7.63. The number of hydrogen-bond donors (Lipinski definition) is 2. The topological polar surface area (TPSA) is 98.2 Å². The van der Waals surface area contributed by atoms with Crippen LogP contribution >= 0.6 is 34.5 Å².